The average molecular weight is 219 g/mol. The van der Waals surface area contributed by atoms with Crippen molar-refractivity contribution >= 4 is 0 Å². The van der Waals surface area contributed by atoms with Crippen LogP contribution in [0.5, 0.6) is 0 Å². The highest BCUT2D eigenvalue weighted by Gasteiger charge is 2.06. The van der Waals surface area contributed by atoms with E-state index >= 15 is 0 Å². The highest BCUT2D eigenvalue weighted by molar-refractivity contribution is 5.22. The Morgan fingerprint density at radius 1 is 1.12 bits per heavy atom. The second kappa shape index (κ2) is 6.05. The van der Waals surface area contributed by atoms with Crippen molar-refractivity contribution in [3.8, 4) is 0 Å². The zero-order chi connectivity index (χ0) is 12.0. The van der Waals surface area contributed by atoms with Crippen molar-refractivity contribution in [2.45, 2.75) is 52.5 Å². The van der Waals surface area contributed by atoms with Gasteiger partial charge >= 0.3 is 0 Å². The number of rotatable bonds is 5. The molecule has 90 valence electrons. The van der Waals surface area contributed by atoms with Gasteiger partial charge < -0.3 is 5.32 Å². The fraction of sp³-hybridized carbons (Fsp3) is 0.600. The zero-order valence-electron chi connectivity index (χ0n) is 11.1. The summed E-state index contributed by atoms with van der Waals surface area (Å²) in [5.74, 6) is 0. The summed E-state index contributed by atoms with van der Waals surface area (Å²) in [6, 6.07) is 8.82. The van der Waals surface area contributed by atoms with Gasteiger partial charge in [0.25, 0.3) is 0 Å². The molecular weight excluding hydrogens is 194 g/mol. The van der Waals surface area contributed by atoms with Gasteiger partial charge in [0.2, 0.25) is 0 Å². The Bertz CT molecular complexity index is 309. The van der Waals surface area contributed by atoms with Crippen LogP contribution in [0.1, 0.15) is 44.7 Å². The van der Waals surface area contributed by atoms with E-state index in [9.17, 15) is 0 Å². The summed E-state index contributed by atoms with van der Waals surface area (Å²) in [6.45, 7) is 9.93. The smallest absolute Gasteiger partial charge is 0.00965 e. The van der Waals surface area contributed by atoms with E-state index in [1.165, 1.54) is 30.4 Å². The van der Waals surface area contributed by atoms with Gasteiger partial charge in [0, 0.05) is 5.54 Å². The molecule has 16 heavy (non-hydrogen) atoms. The Labute approximate surface area is 100 Å². The van der Waals surface area contributed by atoms with E-state index in [4.69, 9.17) is 0 Å². The lowest BCUT2D eigenvalue weighted by Crippen LogP contribution is -2.36. The molecule has 0 heterocycles. The molecular formula is C15H25N. The minimum Gasteiger partial charge on any atom is -0.312 e. The molecule has 0 aromatic heterocycles. The van der Waals surface area contributed by atoms with Crippen LogP contribution in [-0.2, 0) is 6.42 Å². The lowest BCUT2D eigenvalue weighted by Gasteiger charge is -2.20. The number of hydrogen-bond acceptors (Lipinski definition) is 1. The van der Waals surface area contributed by atoms with E-state index in [-0.39, 0.29) is 5.54 Å². The second-order valence-electron chi connectivity index (χ2n) is 5.62. The van der Waals surface area contributed by atoms with E-state index in [1.54, 1.807) is 0 Å². The molecule has 1 heteroatoms. The van der Waals surface area contributed by atoms with Crippen molar-refractivity contribution in [3.63, 3.8) is 0 Å². The quantitative estimate of drug-likeness (QED) is 0.744. The summed E-state index contributed by atoms with van der Waals surface area (Å²) in [7, 11) is 0. The van der Waals surface area contributed by atoms with Gasteiger partial charge in [-0.15, -0.1) is 0 Å². The number of benzene rings is 1. The largest absolute Gasteiger partial charge is 0.312 e. The molecule has 0 aliphatic carbocycles. The van der Waals surface area contributed by atoms with Crippen LogP contribution in [0, 0.1) is 6.92 Å². The molecule has 0 fully saturated rings. The van der Waals surface area contributed by atoms with Gasteiger partial charge in [0.15, 0.2) is 0 Å². The van der Waals surface area contributed by atoms with Crippen LogP contribution < -0.4 is 5.32 Å². The van der Waals surface area contributed by atoms with Crippen molar-refractivity contribution in [2.75, 3.05) is 6.54 Å². The first-order chi connectivity index (χ1) is 7.47. The lowest BCUT2D eigenvalue weighted by atomic mass is 10.1. The molecule has 0 atom stereocenters. The molecule has 1 rings (SSSR count). The number of nitrogens with one attached hydrogen (secondary N) is 1. The van der Waals surface area contributed by atoms with Crippen LogP contribution in [0.2, 0.25) is 0 Å². The third-order valence-corrected chi connectivity index (χ3v) is 2.63. The SMILES string of the molecule is Cc1cccc(CCCCNC(C)(C)C)c1. The van der Waals surface area contributed by atoms with Crippen LogP contribution in [0.25, 0.3) is 0 Å². The van der Waals surface area contributed by atoms with Crippen molar-refractivity contribution in [1.29, 1.82) is 0 Å². The molecule has 1 nitrogen and oxygen atoms in total. The monoisotopic (exact) mass is 219 g/mol. The third kappa shape index (κ3) is 5.92. The zero-order valence-corrected chi connectivity index (χ0v) is 11.1. The summed E-state index contributed by atoms with van der Waals surface area (Å²) in [6.07, 6.45) is 3.73. The summed E-state index contributed by atoms with van der Waals surface area (Å²) in [4.78, 5) is 0. The van der Waals surface area contributed by atoms with Gasteiger partial charge in [-0.25, -0.2) is 0 Å². The second-order valence-corrected chi connectivity index (χ2v) is 5.62. The van der Waals surface area contributed by atoms with Gasteiger partial charge in [0.1, 0.15) is 0 Å². The van der Waals surface area contributed by atoms with Crippen molar-refractivity contribution in [2.24, 2.45) is 0 Å². The number of aryl methyl sites for hydroxylation is 2. The van der Waals surface area contributed by atoms with Crippen LogP contribution in [0.4, 0.5) is 0 Å². The van der Waals surface area contributed by atoms with E-state index in [1.807, 2.05) is 0 Å². The molecule has 1 N–H and O–H groups in total. The fourth-order valence-electron chi connectivity index (χ4n) is 1.79. The van der Waals surface area contributed by atoms with Gasteiger partial charge in [-0.1, -0.05) is 29.8 Å². The minimum atomic E-state index is 0.253. The molecule has 0 radical (unpaired) electrons. The predicted molar refractivity (Wildman–Crippen MR) is 71.9 cm³/mol. The Kier molecular flexibility index (Phi) is 5.01. The van der Waals surface area contributed by atoms with E-state index in [0.29, 0.717) is 0 Å². The topological polar surface area (TPSA) is 12.0 Å². The molecule has 0 aliphatic rings. The predicted octanol–water partition coefficient (Wildman–Crippen LogP) is 3.71. The molecule has 0 unspecified atom stereocenters. The molecule has 0 amide bonds. The first kappa shape index (κ1) is 13.2. The van der Waals surface area contributed by atoms with Crippen LogP contribution in [-0.4, -0.2) is 12.1 Å². The van der Waals surface area contributed by atoms with Crippen LogP contribution >= 0.6 is 0 Å². The molecule has 0 saturated carbocycles. The number of unbranched alkanes of at least 4 members (excludes halogenated alkanes) is 1. The maximum Gasteiger partial charge on any atom is 0.00965 e. The standard InChI is InChI=1S/C15H25N/c1-13-8-7-10-14(12-13)9-5-6-11-16-15(2,3)4/h7-8,10,12,16H,5-6,9,11H2,1-4H3. The maximum atomic E-state index is 3.52. The Hall–Kier alpha value is -0.820. The fourth-order valence-corrected chi connectivity index (χ4v) is 1.79. The number of hydrogen-bond donors (Lipinski definition) is 1. The molecule has 0 bridgehead atoms. The summed E-state index contributed by atoms with van der Waals surface area (Å²) < 4.78 is 0. The first-order valence-corrected chi connectivity index (χ1v) is 6.28. The molecule has 0 saturated heterocycles. The van der Waals surface area contributed by atoms with Gasteiger partial charge in [-0.2, -0.15) is 0 Å². The van der Waals surface area contributed by atoms with E-state index in [0.717, 1.165) is 6.54 Å². The molecule has 1 aromatic carbocycles. The summed E-state index contributed by atoms with van der Waals surface area (Å²) >= 11 is 0. The van der Waals surface area contributed by atoms with Gasteiger partial charge in [-0.3, -0.25) is 0 Å². The minimum absolute atomic E-state index is 0.253. The van der Waals surface area contributed by atoms with Gasteiger partial charge in [-0.05, 0) is 59.1 Å². The van der Waals surface area contributed by atoms with Gasteiger partial charge in [0.05, 0.1) is 0 Å². The molecule has 1 aromatic rings. The maximum absolute atomic E-state index is 3.52. The third-order valence-electron chi connectivity index (χ3n) is 2.63. The Balaban J connectivity index is 2.17. The Morgan fingerprint density at radius 3 is 2.50 bits per heavy atom. The van der Waals surface area contributed by atoms with Crippen molar-refractivity contribution < 1.29 is 0 Å². The highest BCUT2D eigenvalue weighted by Crippen LogP contribution is 2.08. The summed E-state index contributed by atoms with van der Waals surface area (Å²) in [5.41, 5.74) is 3.09. The van der Waals surface area contributed by atoms with E-state index in [2.05, 4.69) is 57.3 Å². The normalized spacial score (nSPS) is 11.8. The van der Waals surface area contributed by atoms with Crippen LogP contribution in [0.15, 0.2) is 24.3 Å². The first-order valence-electron chi connectivity index (χ1n) is 6.28. The lowest BCUT2D eigenvalue weighted by molar-refractivity contribution is 0.419. The highest BCUT2D eigenvalue weighted by atomic mass is 14.9. The molecule has 0 aliphatic heterocycles. The molecule has 0 spiro atoms. The summed E-state index contributed by atoms with van der Waals surface area (Å²) in [5, 5.41) is 3.52. The van der Waals surface area contributed by atoms with E-state index < -0.39 is 0 Å². The Morgan fingerprint density at radius 2 is 1.88 bits per heavy atom. The van der Waals surface area contributed by atoms with Crippen LogP contribution in [0.3, 0.4) is 0 Å². The average Bonchev–Trinajstić information content (AvgIpc) is 2.15. The van der Waals surface area contributed by atoms with Crippen molar-refractivity contribution in [1.82, 2.24) is 5.32 Å². The van der Waals surface area contributed by atoms with Crippen molar-refractivity contribution in [3.05, 3.63) is 35.4 Å².